The van der Waals surface area contributed by atoms with E-state index < -0.39 is 35.0 Å². The molecule has 0 aromatic heterocycles. The maximum absolute atomic E-state index is 12.2. The summed E-state index contributed by atoms with van der Waals surface area (Å²) in [5, 5.41) is 0. The predicted molar refractivity (Wildman–Crippen MR) is 67.7 cm³/mol. The number of carbonyl (C=O) groups is 4. The van der Waals surface area contributed by atoms with Crippen LogP contribution in [-0.2, 0) is 33.4 Å². The van der Waals surface area contributed by atoms with Crippen molar-refractivity contribution in [2.45, 2.75) is 45.8 Å². The summed E-state index contributed by atoms with van der Waals surface area (Å²) in [6.45, 7) is 4.64. The van der Waals surface area contributed by atoms with Crippen molar-refractivity contribution in [3.05, 3.63) is 0 Å². The number of cyclic esters (lactones) is 2. The van der Waals surface area contributed by atoms with Crippen molar-refractivity contribution >= 4 is 23.7 Å². The van der Waals surface area contributed by atoms with Crippen molar-refractivity contribution < 1.29 is 33.4 Å². The zero-order valence-corrected chi connectivity index (χ0v) is 12.3. The van der Waals surface area contributed by atoms with Crippen molar-refractivity contribution in [1.29, 1.82) is 0 Å². The van der Waals surface area contributed by atoms with Crippen LogP contribution in [0.25, 0.3) is 0 Å². The Morgan fingerprint density at radius 3 is 2.33 bits per heavy atom. The number of hydrogen-bond donors (Lipinski definition) is 0. The van der Waals surface area contributed by atoms with E-state index in [1.54, 1.807) is 6.92 Å². The lowest BCUT2D eigenvalue weighted by Gasteiger charge is -2.42. The Morgan fingerprint density at radius 2 is 1.81 bits per heavy atom. The van der Waals surface area contributed by atoms with Gasteiger partial charge in [0.05, 0.1) is 6.61 Å². The molecule has 1 saturated heterocycles. The van der Waals surface area contributed by atoms with Gasteiger partial charge in [-0.25, -0.2) is 0 Å². The molecule has 2 fully saturated rings. The van der Waals surface area contributed by atoms with Crippen LogP contribution >= 0.6 is 0 Å². The molecule has 2 aliphatic rings. The van der Waals surface area contributed by atoms with Crippen LogP contribution in [0, 0.1) is 11.3 Å². The van der Waals surface area contributed by atoms with Gasteiger partial charge < -0.3 is 14.2 Å². The van der Waals surface area contributed by atoms with Crippen molar-refractivity contribution in [2.24, 2.45) is 11.3 Å². The van der Waals surface area contributed by atoms with Crippen LogP contribution in [0.4, 0.5) is 0 Å². The van der Waals surface area contributed by atoms with E-state index >= 15 is 0 Å². The van der Waals surface area contributed by atoms with Gasteiger partial charge in [0.1, 0.15) is 11.7 Å². The molecule has 0 amide bonds. The van der Waals surface area contributed by atoms with Crippen LogP contribution in [0.3, 0.4) is 0 Å². The third-order valence-electron chi connectivity index (χ3n) is 3.77. The van der Waals surface area contributed by atoms with Crippen molar-refractivity contribution in [3.63, 3.8) is 0 Å². The van der Waals surface area contributed by atoms with Crippen molar-refractivity contribution in [3.8, 4) is 0 Å². The fourth-order valence-electron chi connectivity index (χ4n) is 2.65. The van der Waals surface area contributed by atoms with Gasteiger partial charge in [0.15, 0.2) is 5.41 Å². The van der Waals surface area contributed by atoms with E-state index in [4.69, 9.17) is 14.2 Å². The molecule has 0 aromatic rings. The number of hydrogen-bond acceptors (Lipinski definition) is 7. The molecule has 21 heavy (non-hydrogen) atoms. The predicted octanol–water partition coefficient (Wildman–Crippen LogP) is 0.741. The largest absolute Gasteiger partial charge is 0.465 e. The highest BCUT2D eigenvalue weighted by molar-refractivity contribution is 6.07. The van der Waals surface area contributed by atoms with Gasteiger partial charge in [0.25, 0.3) is 5.79 Å². The average molecular weight is 298 g/mol. The Labute approximate surface area is 121 Å². The highest BCUT2D eigenvalue weighted by Crippen LogP contribution is 2.44. The molecule has 0 radical (unpaired) electrons. The Kier molecular flexibility index (Phi) is 3.78. The lowest BCUT2D eigenvalue weighted by Crippen LogP contribution is -2.57. The number of ether oxygens (including phenoxy) is 3. The summed E-state index contributed by atoms with van der Waals surface area (Å²) in [5.74, 6) is -4.99. The second-order valence-electron chi connectivity index (χ2n) is 5.74. The van der Waals surface area contributed by atoms with Gasteiger partial charge in [-0.1, -0.05) is 0 Å². The van der Waals surface area contributed by atoms with E-state index in [2.05, 4.69) is 0 Å². The third-order valence-corrected chi connectivity index (χ3v) is 3.77. The Bertz CT molecular complexity index is 485. The van der Waals surface area contributed by atoms with Crippen molar-refractivity contribution in [2.75, 3.05) is 6.61 Å². The molecule has 2 rings (SSSR count). The molecule has 7 heteroatoms. The first-order chi connectivity index (χ1) is 9.72. The molecule has 1 unspecified atom stereocenters. The molecule has 1 heterocycles. The minimum Gasteiger partial charge on any atom is -0.465 e. The second kappa shape index (κ2) is 5.13. The highest BCUT2D eigenvalue weighted by atomic mass is 16.7. The van der Waals surface area contributed by atoms with E-state index in [1.165, 1.54) is 13.8 Å². The molecule has 0 bridgehead atoms. The molecule has 0 N–H and O–H groups in total. The number of esters is 3. The fraction of sp³-hybridized carbons (Fsp3) is 0.714. The smallest absolute Gasteiger partial charge is 0.326 e. The van der Waals surface area contributed by atoms with E-state index in [1.807, 2.05) is 0 Å². The molecule has 1 saturated carbocycles. The SMILES string of the molecule is CCOC(=O)C1CC2(CCC1=O)C(=O)OC(C)(C)OC2=O. The lowest BCUT2D eigenvalue weighted by atomic mass is 9.68. The van der Waals surface area contributed by atoms with E-state index in [0.717, 1.165) is 0 Å². The number of carbonyl (C=O) groups excluding carboxylic acids is 4. The second-order valence-corrected chi connectivity index (χ2v) is 5.74. The van der Waals surface area contributed by atoms with Crippen LogP contribution in [0.1, 0.15) is 40.0 Å². The van der Waals surface area contributed by atoms with E-state index in [-0.39, 0.29) is 31.7 Å². The summed E-state index contributed by atoms with van der Waals surface area (Å²) in [6, 6.07) is 0. The molecular weight excluding hydrogens is 280 g/mol. The highest BCUT2D eigenvalue weighted by Gasteiger charge is 2.60. The molecule has 1 aliphatic heterocycles. The van der Waals surface area contributed by atoms with Gasteiger partial charge in [0.2, 0.25) is 0 Å². The molecule has 7 nitrogen and oxygen atoms in total. The Morgan fingerprint density at radius 1 is 1.24 bits per heavy atom. The summed E-state index contributed by atoms with van der Waals surface area (Å²) in [7, 11) is 0. The lowest BCUT2D eigenvalue weighted by molar-refractivity contribution is -0.253. The van der Waals surface area contributed by atoms with E-state index in [9.17, 15) is 19.2 Å². The molecule has 1 aliphatic carbocycles. The van der Waals surface area contributed by atoms with Crippen LogP contribution in [-0.4, -0.2) is 36.1 Å². The van der Waals surface area contributed by atoms with Crippen LogP contribution in [0.5, 0.6) is 0 Å². The van der Waals surface area contributed by atoms with Gasteiger partial charge in [-0.05, 0) is 19.8 Å². The minimum atomic E-state index is -1.58. The van der Waals surface area contributed by atoms with Gasteiger partial charge >= 0.3 is 17.9 Å². The Hall–Kier alpha value is -1.92. The molecule has 116 valence electrons. The molecule has 1 spiro atoms. The van der Waals surface area contributed by atoms with Crippen LogP contribution in [0.15, 0.2) is 0 Å². The average Bonchev–Trinajstić information content (AvgIpc) is 2.37. The van der Waals surface area contributed by atoms with Crippen LogP contribution < -0.4 is 0 Å². The first kappa shape index (κ1) is 15.5. The number of ketones is 1. The number of rotatable bonds is 2. The first-order valence-corrected chi connectivity index (χ1v) is 6.88. The molecule has 1 atom stereocenters. The normalized spacial score (nSPS) is 27.0. The maximum Gasteiger partial charge on any atom is 0.326 e. The molecule has 0 aromatic carbocycles. The molecular formula is C14H18O7. The van der Waals surface area contributed by atoms with Gasteiger partial charge in [-0.3, -0.25) is 19.2 Å². The number of Topliss-reactive ketones (excluding diaryl/α,β-unsaturated/α-hetero) is 1. The fourth-order valence-corrected chi connectivity index (χ4v) is 2.65. The zero-order chi connectivity index (χ0) is 15.8. The summed E-state index contributed by atoms with van der Waals surface area (Å²) >= 11 is 0. The quantitative estimate of drug-likeness (QED) is 0.548. The van der Waals surface area contributed by atoms with Gasteiger partial charge in [0, 0.05) is 20.3 Å². The van der Waals surface area contributed by atoms with Crippen molar-refractivity contribution in [1.82, 2.24) is 0 Å². The monoisotopic (exact) mass is 298 g/mol. The standard InChI is InChI=1S/C14H18O7/c1-4-19-10(16)8-7-14(6-5-9(8)15)11(17)20-13(2,3)21-12(14)18/h8H,4-7H2,1-3H3. The summed E-state index contributed by atoms with van der Waals surface area (Å²) in [4.78, 5) is 48.2. The van der Waals surface area contributed by atoms with Crippen LogP contribution in [0.2, 0.25) is 0 Å². The minimum absolute atomic E-state index is 0.00448. The topological polar surface area (TPSA) is 96.0 Å². The summed E-state index contributed by atoms with van der Waals surface area (Å²) < 4.78 is 15.1. The maximum atomic E-state index is 12.2. The first-order valence-electron chi connectivity index (χ1n) is 6.88. The Balaban J connectivity index is 2.27. The zero-order valence-electron chi connectivity index (χ0n) is 12.3. The third kappa shape index (κ3) is 2.64. The van der Waals surface area contributed by atoms with E-state index in [0.29, 0.717) is 0 Å². The van der Waals surface area contributed by atoms with Gasteiger partial charge in [-0.2, -0.15) is 0 Å². The summed E-state index contributed by atoms with van der Waals surface area (Å²) in [6.07, 6.45) is -0.317. The van der Waals surface area contributed by atoms with Gasteiger partial charge in [-0.15, -0.1) is 0 Å². The summed E-state index contributed by atoms with van der Waals surface area (Å²) in [5.41, 5.74) is -1.58.